The molecule has 0 aliphatic rings. The zero-order valence-electron chi connectivity index (χ0n) is 13.4. The van der Waals surface area contributed by atoms with Crippen LogP contribution in [0.1, 0.15) is 29.5 Å². The van der Waals surface area contributed by atoms with Crippen molar-refractivity contribution in [2.75, 3.05) is 0 Å². The van der Waals surface area contributed by atoms with Gasteiger partial charge >= 0.3 is 0 Å². The third-order valence-electron chi connectivity index (χ3n) is 3.49. The van der Waals surface area contributed by atoms with Crippen LogP contribution in [0.5, 0.6) is 0 Å². The van der Waals surface area contributed by atoms with Crippen LogP contribution in [0.3, 0.4) is 0 Å². The van der Waals surface area contributed by atoms with Gasteiger partial charge in [0.25, 0.3) is 0 Å². The van der Waals surface area contributed by atoms with Crippen LogP contribution in [0, 0.1) is 11.3 Å². The maximum Gasteiger partial charge on any atom is 0.239 e. The van der Waals surface area contributed by atoms with E-state index in [0.717, 1.165) is 5.56 Å². The molecule has 0 saturated heterocycles. The lowest BCUT2D eigenvalue weighted by molar-refractivity contribution is -0.119. The highest BCUT2D eigenvalue weighted by atomic mass is 35.5. The fourth-order valence-corrected chi connectivity index (χ4v) is 3.54. The van der Waals surface area contributed by atoms with E-state index in [-0.39, 0.29) is 12.2 Å². The summed E-state index contributed by atoms with van der Waals surface area (Å²) < 4.78 is 26.1. The van der Waals surface area contributed by atoms with Crippen molar-refractivity contribution in [3.63, 3.8) is 0 Å². The van der Waals surface area contributed by atoms with E-state index >= 15 is 0 Å². The molecular formula is C18H17ClN2O3S. The molecule has 0 atom stereocenters. The van der Waals surface area contributed by atoms with Crippen LogP contribution in [0.25, 0.3) is 0 Å². The van der Waals surface area contributed by atoms with E-state index in [4.69, 9.17) is 16.9 Å². The van der Waals surface area contributed by atoms with E-state index < -0.39 is 15.9 Å². The van der Waals surface area contributed by atoms with E-state index in [1.807, 2.05) is 18.2 Å². The monoisotopic (exact) mass is 376 g/mol. The molecule has 25 heavy (non-hydrogen) atoms. The number of sulfonamides is 1. The molecule has 0 unspecified atom stereocenters. The van der Waals surface area contributed by atoms with Gasteiger partial charge in [-0.05, 0) is 48.2 Å². The highest BCUT2D eigenvalue weighted by Gasteiger charge is 2.15. The summed E-state index contributed by atoms with van der Waals surface area (Å²) in [6.45, 7) is 0. The van der Waals surface area contributed by atoms with Gasteiger partial charge in [0.15, 0.2) is 0 Å². The number of benzene rings is 2. The Kier molecular flexibility index (Phi) is 6.57. The summed E-state index contributed by atoms with van der Waals surface area (Å²) in [6.07, 6.45) is 1.33. The minimum atomic E-state index is -3.75. The Hall–Kier alpha value is -2.36. The minimum Gasteiger partial charge on any atom is -0.274 e. The predicted octanol–water partition coefficient (Wildman–Crippen LogP) is 3.18. The maximum atomic E-state index is 12.0. The first-order valence-corrected chi connectivity index (χ1v) is 9.68. The molecule has 0 saturated carbocycles. The Morgan fingerprint density at radius 3 is 2.24 bits per heavy atom. The molecule has 2 aromatic rings. The predicted molar refractivity (Wildman–Crippen MR) is 96.3 cm³/mol. The number of hydrogen-bond donors (Lipinski definition) is 1. The SMILES string of the molecule is N#Cc1ccc(CS(=O)(=O)NC(=O)CCCc2ccc(Cl)cc2)cc1. The summed E-state index contributed by atoms with van der Waals surface area (Å²) >= 11 is 5.81. The molecule has 1 amide bonds. The van der Waals surface area contributed by atoms with E-state index in [1.54, 1.807) is 36.4 Å². The lowest BCUT2D eigenvalue weighted by atomic mass is 10.1. The first kappa shape index (κ1) is 19.0. The van der Waals surface area contributed by atoms with Gasteiger partial charge in [-0.15, -0.1) is 0 Å². The highest BCUT2D eigenvalue weighted by Crippen LogP contribution is 2.12. The molecule has 7 heteroatoms. The van der Waals surface area contributed by atoms with Gasteiger partial charge in [-0.2, -0.15) is 5.26 Å². The Morgan fingerprint density at radius 2 is 1.64 bits per heavy atom. The maximum absolute atomic E-state index is 12.0. The zero-order chi connectivity index (χ0) is 18.3. The smallest absolute Gasteiger partial charge is 0.239 e. The number of carbonyl (C=O) groups excluding carboxylic acids is 1. The number of rotatable bonds is 7. The van der Waals surface area contributed by atoms with Crippen molar-refractivity contribution in [1.82, 2.24) is 4.72 Å². The van der Waals surface area contributed by atoms with Crippen LogP contribution in [0.2, 0.25) is 5.02 Å². The average molecular weight is 377 g/mol. The molecule has 1 N–H and O–H groups in total. The van der Waals surface area contributed by atoms with Gasteiger partial charge in [0.1, 0.15) is 0 Å². The fraction of sp³-hybridized carbons (Fsp3) is 0.222. The quantitative estimate of drug-likeness (QED) is 0.803. The average Bonchev–Trinajstić information content (AvgIpc) is 2.56. The summed E-state index contributed by atoms with van der Waals surface area (Å²) in [7, 11) is -3.75. The van der Waals surface area contributed by atoms with Crippen molar-refractivity contribution >= 4 is 27.5 Å². The molecule has 0 spiro atoms. The molecule has 0 aliphatic carbocycles. The normalized spacial score (nSPS) is 10.9. The highest BCUT2D eigenvalue weighted by molar-refractivity contribution is 7.89. The van der Waals surface area contributed by atoms with E-state index in [9.17, 15) is 13.2 Å². The van der Waals surface area contributed by atoms with Crippen LogP contribution in [-0.4, -0.2) is 14.3 Å². The summed E-state index contributed by atoms with van der Waals surface area (Å²) in [5, 5.41) is 9.38. The summed E-state index contributed by atoms with van der Waals surface area (Å²) in [5.74, 6) is -0.829. The number of carbonyl (C=O) groups is 1. The van der Waals surface area contributed by atoms with Crippen molar-refractivity contribution in [2.24, 2.45) is 0 Å². The van der Waals surface area contributed by atoms with Gasteiger partial charge in [0, 0.05) is 11.4 Å². The van der Waals surface area contributed by atoms with Gasteiger partial charge in [-0.3, -0.25) is 9.52 Å². The Bertz CT molecular complexity index is 870. The lowest BCUT2D eigenvalue weighted by Gasteiger charge is -2.07. The van der Waals surface area contributed by atoms with E-state index in [0.29, 0.717) is 29.0 Å². The Morgan fingerprint density at radius 1 is 1.04 bits per heavy atom. The number of nitriles is 1. The lowest BCUT2D eigenvalue weighted by Crippen LogP contribution is -2.31. The van der Waals surface area contributed by atoms with Crippen LogP contribution in [-0.2, 0) is 27.0 Å². The standard InChI is InChI=1S/C18H17ClN2O3S/c19-17-10-8-14(9-11-17)2-1-3-18(22)21-25(23,24)13-16-6-4-15(12-20)5-7-16/h4-11H,1-3,13H2,(H,21,22). The van der Waals surface area contributed by atoms with Gasteiger partial charge in [-0.1, -0.05) is 35.9 Å². The number of nitrogens with zero attached hydrogens (tertiary/aromatic N) is 1. The van der Waals surface area contributed by atoms with Crippen molar-refractivity contribution < 1.29 is 13.2 Å². The number of aryl methyl sites for hydroxylation is 1. The molecular weight excluding hydrogens is 360 g/mol. The number of hydrogen-bond acceptors (Lipinski definition) is 4. The van der Waals surface area contributed by atoms with Crippen LogP contribution >= 0.6 is 11.6 Å². The van der Waals surface area contributed by atoms with Crippen LogP contribution in [0.15, 0.2) is 48.5 Å². The molecule has 0 fully saturated rings. The first-order valence-electron chi connectivity index (χ1n) is 7.65. The van der Waals surface area contributed by atoms with Gasteiger partial charge in [-0.25, -0.2) is 8.42 Å². The van der Waals surface area contributed by atoms with E-state index in [1.165, 1.54) is 0 Å². The first-order chi connectivity index (χ1) is 11.9. The van der Waals surface area contributed by atoms with Crippen molar-refractivity contribution in [1.29, 1.82) is 5.26 Å². The van der Waals surface area contributed by atoms with Gasteiger partial charge in [0.05, 0.1) is 17.4 Å². The second-order valence-corrected chi connectivity index (χ2v) is 7.73. The zero-order valence-corrected chi connectivity index (χ0v) is 15.0. The summed E-state index contributed by atoms with van der Waals surface area (Å²) in [5.41, 5.74) is 2.01. The molecule has 130 valence electrons. The second-order valence-electron chi connectivity index (χ2n) is 5.57. The summed E-state index contributed by atoms with van der Waals surface area (Å²) in [4.78, 5) is 11.8. The Balaban J connectivity index is 1.81. The van der Waals surface area contributed by atoms with Crippen LogP contribution in [0.4, 0.5) is 0 Å². The molecule has 2 rings (SSSR count). The molecule has 0 bridgehead atoms. The third-order valence-corrected chi connectivity index (χ3v) is 5.00. The topological polar surface area (TPSA) is 87.0 Å². The minimum absolute atomic E-state index is 0.120. The molecule has 5 nitrogen and oxygen atoms in total. The number of nitrogens with one attached hydrogen (secondary N) is 1. The van der Waals surface area contributed by atoms with Gasteiger partial charge in [0.2, 0.25) is 15.9 Å². The van der Waals surface area contributed by atoms with Crippen molar-refractivity contribution in [3.8, 4) is 6.07 Å². The largest absolute Gasteiger partial charge is 0.274 e. The van der Waals surface area contributed by atoms with Crippen molar-refractivity contribution in [3.05, 3.63) is 70.2 Å². The van der Waals surface area contributed by atoms with Crippen LogP contribution < -0.4 is 4.72 Å². The second kappa shape index (κ2) is 8.65. The van der Waals surface area contributed by atoms with Crippen molar-refractivity contribution in [2.45, 2.75) is 25.0 Å². The molecule has 0 aliphatic heterocycles. The Labute approximate surface area is 152 Å². The third kappa shape index (κ3) is 6.57. The van der Waals surface area contributed by atoms with E-state index in [2.05, 4.69) is 4.72 Å². The molecule has 2 aromatic carbocycles. The molecule has 0 aromatic heterocycles. The van der Waals surface area contributed by atoms with Gasteiger partial charge < -0.3 is 0 Å². The fourth-order valence-electron chi connectivity index (χ4n) is 2.26. The number of amides is 1. The molecule has 0 heterocycles. The summed E-state index contributed by atoms with van der Waals surface area (Å²) in [6, 6.07) is 15.5. The number of halogens is 1. The molecule has 0 radical (unpaired) electrons.